The van der Waals surface area contributed by atoms with Crippen molar-refractivity contribution in [3.63, 3.8) is 0 Å². The molecule has 3 rings (SSSR count). The second kappa shape index (κ2) is 11.9. The summed E-state index contributed by atoms with van der Waals surface area (Å²) in [5.41, 5.74) is 3.25. The Morgan fingerprint density at radius 2 is 1.61 bits per heavy atom. The van der Waals surface area contributed by atoms with Crippen LogP contribution in [0, 0.1) is 13.8 Å². The number of aryl methyl sites for hydroxylation is 1. The van der Waals surface area contributed by atoms with Gasteiger partial charge < -0.3 is 28.8 Å². The average molecular weight is 495 g/mol. The van der Waals surface area contributed by atoms with E-state index in [2.05, 4.69) is 5.32 Å². The van der Waals surface area contributed by atoms with Crippen molar-refractivity contribution in [2.24, 2.45) is 0 Å². The fraction of sp³-hybridized carbons (Fsp3) is 0.296. The van der Waals surface area contributed by atoms with Crippen LogP contribution < -0.4 is 19.5 Å². The van der Waals surface area contributed by atoms with Gasteiger partial charge in [0.2, 0.25) is 5.78 Å². The number of amides is 1. The molecule has 2 aromatic carbocycles. The van der Waals surface area contributed by atoms with Gasteiger partial charge >= 0.3 is 5.97 Å². The molecule has 9 heteroatoms. The standard InChI is InChI=1S/C27H30N2O7/c1-6-35-21-10-8-20(9-11-21)29-17(2)13-22(18(29)3)23(30)16-36-26(31)15-28-27(32)19-7-12-24(33-4)25(14-19)34-5/h7-14H,6,15-16H2,1-5H3,(H,28,32). The molecule has 0 unspecified atom stereocenters. The van der Waals surface area contributed by atoms with Crippen LogP contribution in [0.15, 0.2) is 48.5 Å². The molecule has 0 spiro atoms. The van der Waals surface area contributed by atoms with Crippen molar-refractivity contribution in [1.29, 1.82) is 0 Å². The van der Waals surface area contributed by atoms with E-state index < -0.39 is 18.5 Å². The largest absolute Gasteiger partial charge is 0.494 e. The summed E-state index contributed by atoms with van der Waals surface area (Å²) in [6.45, 7) is 5.42. The third-order valence-corrected chi connectivity index (χ3v) is 5.54. The van der Waals surface area contributed by atoms with E-state index in [0.717, 1.165) is 22.8 Å². The molecule has 190 valence electrons. The van der Waals surface area contributed by atoms with Gasteiger partial charge in [0.15, 0.2) is 18.1 Å². The van der Waals surface area contributed by atoms with Gasteiger partial charge in [-0.2, -0.15) is 0 Å². The number of hydrogen-bond donors (Lipinski definition) is 1. The molecule has 36 heavy (non-hydrogen) atoms. The normalized spacial score (nSPS) is 10.5. The molecule has 3 aromatic rings. The van der Waals surface area contributed by atoms with Crippen LogP contribution >= 0.6 is 0 Å². The summed E-state index contributed by atoms with van der Waals surface area (Å²) in [5, 5.41) is 2.48. The van der Waals surface area contributed by atoms with Gasteiger partial charge in [0.1, 0.15) is 12.3 Å². The third kappa shape index (κ3) is 6.04. The van der Waals surface area contributed by atoms with E-state index in [9.17, 15) is 14.4 Å². The lowest BCUT2D eigenvalue weighted by molar-refractivity contribution is -0.141. The lowest BCUT2D eigenvalue weighted by Gasteiger charge is -2.11. The second-order valence-corrected chi connectivity index (χ2v) is 7.88. The van der Waals surface area contributed by atoms with E-state index >= 15 is 0 Å². The molecule has 0 radical (unpaired) electrons. The first-order valence-corrected chi connectivity index (χ1v) is 11.4. The molecule has 0 aliphatic heterocycles. The minimum atomic E-state index is -0.725. The molecule has 0 atom stereocenters. The van der Waals surface area contributed by atoms with E-state index in [1.54, 1.807) is 18.2 Å². The number of ether oxygens (including phenoxy) is 4. The van der Waals surface area contributed by atoms with Gasteiger partial charge in [-0.05, 0) is 69.3 Å². The zero-order valence-electron chi connectivity index (χ0n) is 21.0. The fourth-order valence-corrected chi connectivity index (χ4v) is 3.81. The highest BCUT2D eigenvalue weighted by Crippen LogP contribution is 2.27. The van der Waals surface area contributed by atoms with Gasteiger partial charge in [0, 0.05) is 28.2 Å². The van der Waals surface area contributed by atoms with Crippen LogP contribution in [0.5, 0.6) is 17.2 Å². The van der Waals surface area contributed by atoms with Crippen molar-refractivity contribution in [2.75, 3.05) is 34.0 Å². The Morgan fingerprint density at radius 1 is 0.917 bits per heavy atom. The van der Waals surface area contributed by atoms with Gasteiger partial charge in [-0.25, -0.2) is 0 Å². The van der Waals surface area contributed by atoms with Crippen LogP contribution in [0.25, 0.3) is 5.69 Å². The minimum Gasteiger partial charge on any atom is -0.494 e. The number of esters is 1. The molecule has 9 nitrogen and oxygen atoms in total. The predicted octanol–water partition coefficient (Wildman–Crippen LogP) is 3.67. The number of Topliss-reactive ketones (excluding diaryl/α,β-unsaturated/α-hetero) is 1. The Labute approximate surface area is 209 Å². The second-order valence-electron chi connectivity index (χ2n) is 7.88. The summed E-state index contributed by atoms with van der Waals surface area (Å²) in [7, 11) is 2.95. The summed E-state index contributed by atoms with van der Waals surface area (Å²) >= 11 is 0. The smallest absolute Gasteiger partial charge is 0.325 e. The van der Waals surface area contributed by atoms with Gasteiger partial charge in [-0.3, -0.25) is 14.4 Å². The van der Waals surface area contributed by atoms with Gasteiger partial charge in [-0.15, -0.1) is 0 Å². The van der Waals surface area contributed by atoms with Crippen LogP contribution in [0.1, 0.15) is 39.0 Å². The maximum atomic E-state index is 12.8. The lowest BCUT2D eigenvalue weighted by atomic mass is 10.1. The number of benzene rings is 2. The molecular weight excluding hydrogens is 464 g/mol. The number of nitrogens with zero attached hydrogens (tertiary/aromatic N) is 1. The molecule has 0 aliphatic carbocycles. The van der Waals surface area contributed by atoms with Crippen LogP contribution in [-0.2, 0) is 9.53 Å². The van der Waals surface area contributed by atoms with Crippen molar-refractivity contribution in [2.45, 2.75) is 20.8 Å². The van der Waals surface area contributed by atoms with E-state index in [1.807, 2.05) is 49.6 Å². The monoisotopic (exact) mass is 494 g/mol. The maximum absolute atomic E-state index is 12.8. The van der Waals surface area contributed by atoms with Gasteiger partial charge in [0.25, 0.3) is 5.91 Å². The molecule has 1 aromatic heterocycles. The number of rotatable bonds is 11. The number of ketones is 1. The summed E-state index contributed by atoms with van der Waals surface area (Å²) in [5.74, 6) is 0.0932. The Bertz CT molecular complexity index is 1250. The molecule has 0 saturated heterocycles. The van der Waals surface area contributed by atoms with Gasteiger partial charge in [-0.1, -0.05) is 0 Å². The molecule has 1 N–H and O–H groups in total. The maximum Gasteiger partial charge on any atom is 0.325 e. The number of carbonyl (C=O) groups excluding carboxylic acids is 3. The molecular formula is C27H30N2O7. The predicted molar refractivity (Wildman–Crippen MR) is 134 cm³/mol. The van der Waals surface area contributed by atoms with Crippen molar-refractivity contribution >= 4 is 17.7 Å². The summed E-state index contributed by atoms with van der Waals surface area (Å²) in [6, 6.07) is 14.0. The molecule has 0 aliphatic rings. The van der Waals surface area contributed by atoms with Crippen LogP contribution in [0.3, 0.4) is 0 Å². The van der Waals surface area contributed by atoms with Crippen LogP contribution in [0.4, 0.5) is 0 Å². The molecule has 0 fully saturated rings. The average Bonchev–Trinajstić information content (AvgIpc) is 3.19. The Kier molecular flexibility index (Phi) is 8.72. The minimum absolute atomic E-state index is 0.290. The topological polar surface area (TPSA) is 105 Å². The summed E-state index contributed by atoms with van der Waals surface area (Å²) in [4.78, 5) is 37.3. The number of carbonyl (C=O) groups is 3. The highest BCUT2D eigenvalue weighted by molar-refractivity contribution is 6.00. The molecule has 0 bridgehead atoms. The first-order chi connectivity index (χ1) is 17.3. The van der Waals surface area contributed by atoms with Gasteiger partial charge in [0.05, 0.1) is 20.8 Å². The highest BCUT2D eigenvalue weighted by atomic mass is 16.5. The number of methoxy groups -OCH3 is 2. The van der Waals surface area contributed by atoms with E-state index in [4.69, 9.17) is 18.9 Å². The quantitative estimate of drug-likeness (QED) is 0.320. The zero-order valence-corrected chi connectivity index (χ0v) is 21.0. The molecule has 0 saturated carbocycles. The number of hydrogen-bond acceptors (Lipinski definition) is 7. The Morgan fingerprint density at radius 3 is 2.25 bits per heavy atom. The number of aromatic nitrogens is 1. The van der Waals surface area contributed by atoms with Crippen molar-refractivity contribution in [3.05, 3.63) is 71.0 Å². The fourth-order valence-electron chi connectivity index (χ4n) is 3.81. The zero-order chi connectivity index (χ0) is 26.2. The molecule has 1 heterocycles. The first kappa shape index (κ1) is 26.3. The van der Waals surface area contributed by atoms with E-state index in [-0.39, 0.29) is 12.3 Å². The van der Waals surface area contributed by atoms with Crippen LogP contribution in [0.2, 0.25) is 0 Å². The van der Waals surface area contributed by atoms with E-state index in [1.165, 1.54) is 20.3 Å². The SMILES string of the molecule is CCOc1ccc(-n2c(C)cc(C(=O)COC(=O)CNC(=O)c3ccc(OC)c(OC)c3)c2C)cc1. The Hall–Kier alpha value is -4.27. The highest BCUT2D eigenvalue weighted by Gasteiger charge is 2.19. The Balaban J connectivity index is 1.57. The lowest BCUT2D eigenvalue weighted by Crippen LogP contribution is -2.31. The molecule has 1 amide bonds. The van der Waals surface area contributed by atoms with Crippen molar-refractivity contribution in [1.82, 2.24) is 9.88 Å². The number of nitrogens with one attached hydrogen (secondary N) is 1. The van der Waals surface area contributed by atoms with Crippen LogP contribution in [-0.4, -0.2) is 56.2 Å². The first-order valence-electron chi connectivity index (χ1n) is 11.4. The van der Waals surface area contributed by atoms with Crippen molar-refractivity contribution in [3.8, 4) is 22.9 Å². The third-order valence-electron chi connectivity index (χ3n) is 5.54. The van der Waals surface area contributed by atoms with Crippen molar-refractivity contribution < 1.29 is 33.3 Å². The summed E-state index contributed by atoms with van der Waals surface area (Å²) in [6.07, 6.45) is 0. The van der Waals surface area contributed by atoms with E-state index in [0.29, 0.717) is 29.2 Å². The summed E-state index contributed by atoms with van der Waals surface area (Å²) < 4.78 is 22.9.